The highest BCUT2D eigenvalue weighted by Crippen LogP contribution is 2.15. The minimum absolute atomic E-state index is 0.154. The Balaban J connectivity index is 1.78. The molecule has 0 radical (unpaired) electrons. The summed E-state index contributed by atoms with van der Waals surface area (Å²) in [4.78, 5) is 13.7. The molecule has 0 aromatic heterocycles. The topological polar surface area (TPSA) is 41.6 Å². The van der Waals surface area contributed by atoms with E-state index in [1.807, 2.05) is 11.9 Å². The third-order valence-electron chi connectivity index (χ3n) is 3.24. The number of hydrogen-bond acceptors (Lipinski definition) is 3. The molecule has 2 aliphatic heterocycles. The third-order valence-corrected chi connectivity index (χ3v) is 3.24. The number of carbonyl (C=O) groups is 1. The minimum Gasteiger partial charge on any atom is -0.368 e. The number of nitrogens with one attached hydrogen (secondary N) is 1. The standard InChI is InChI=1S/C11H20N2O2/c1-13(8-9-4-2-6-12-9)11(14)10-5-3-7-15-10/h9-10,12H,2-8H2,1H3. The van der Waals surface area contributed by atoms with Crippen LogP contribution in [0.3, 0.4) is 0 Å². The Morgan fingerprint density at radius 1 is 1.47 bits per heavy atom. The second kappa shape index (κ2) is 4.94. The van der Waals surface area contributed by atoms with Gasteiger partial charge in [0, 0.05) is 26.2 Å². The van der Waals surface area contributed by atoms with Gasteiger partial charge in [-0.1, -0.05) is 0 Å². The molecule has 2 unspecified atom stereocenters. The summed E-state index contributed by atoms with van der Waals surface area (Å²) in [6.07, 6.45) is 4.15. The summed E-state index contributed by atoms with van der Waals surface area (Å²) in [5.74, 6) is 0.154. The molecule has 0 bridgehead atoms. The first-order valence-electron chi connectivity index (χ1n) is 5.87. The lowest BCUT2D eigenvalue weighted by molar-refractivity contribution is -0.139. The lowest BCUT2D eigenvalue weighted by Crippen LogP contribution is -2.42. The van der Waals surface area contributed by atoms with E-state index in [0.717, 1.165) is 32.5 Å². The van der Waals surface area contributed by atoms with Crippen LogP contribution in [0.2, 0.25) is 0 Å². The molecular weight excluding hydrogens is 192 g/mol. The van der Waals surface area contributed by atoms with Gasteiger partial charge >= 0.3 is 0 Å². The van der Waals surface area contributed by atoms with Crippen molar-refractivity contribution in [1.29, 1.82) is 0 Å². The number of ether oxygens (including phenoxy) is 1. The second-order valence-electron chi connectivity index (χ2n) is 4.51. The smallest absolute Gasteiger partial charge is 0.251 e. The van der Waals surface area contributed by atoms with Gasteiger partial charge < -0.3 is 15.0 Å². The van der Waals surface area contributed by atoms with Gasteiger partial charge in [-0.05, 0) is 32.2 Å². The zero-order valence-electron chi connectivity index (χ0n) is 9.37. The van der Waals surface area contributed by atoms with Crippen molar-refractivity contribution in [2.45, 2.75) is 37.8 Å². The van der Waals surface area contributed by atoms with Crippen LogP contribution in [0.4, 0.5) is 0 Å². The van der Waals surface area contributed by atoms with Gasteiger partial charge in [-0.25, -0.2) is 0 Å². The van der Waals surface area contributed by atoms with Gasteiger partial charge in [0.1, 0.15) is 6.10 Å². The number of amides is 1. The SMILES string of the molecule is CN(CC1CCCN1)C(=O)C1CCCO1. The van der Waals surface area contributed by atoms with E-state index in [1.54, 1.807) is 0 Å². The molecule has 15 heavy (non-hydrogen) atoms. The summed E-state index contributed by atoms with van der Waals surface area (Å²) >= 11 is 0. The number of carbonyl (C=O) groups excluding carboxylic acids is 1. The fourth-order valence-corrected chi connectivity index (χ4v) is 2.35. The van der Waals surface area contributed by atoms with Gasteiger partial charge in [0.25, 0.3) is 5.91 Å². The van der Waals surface area contributed by atoms with Crippen molar-refractivity contribution in [3.63, 3.8) is 0 Å². The molecule has 1 amide bonds. The van der Waals surface area contributed by atoms with E-state index in [9.17, 15) is 4.79 Å². The van der Waals surface area contributed by atoms with Crippen LogP contribution in [-0.4, -0.2) is 49.7 Å². The van der Waals surface area contributed by atoms with Crippen LogP contribution in [0.15, 0.2) is 0 Å². The van der Waals surface area contributed by atoms with Gasteiger partial charge in [-0.3, -0.25) is 4.79 Å². The van der Waals surface area contributed by atoms with E-state index in [4.69, 9.17) is 4.74 Å². The highest BCUT2D eigenvalue weighted by atomic mass is 16.5. The first-order valence-corrected chi connectivity index (χ1v) is 5.87. The molecular formula is C11H20N2O2. The van der Waals surface area contributed by atoms with Crippen LogP contribution in [0.1, 0.15) is 25.7 Å². The third kappa shape index (κ3) is 2.69. The number of nitrogens with zero attached hydrogens (tertiary/aromatic N) is 1. The molecule has 2 atom stereocenters. The highest BCUT2D eigenvalue weighted by Gasteiger charge is 2.28. The quantitative estimate of drug-likeness (QED) is 0.735. The number of hydrogen-bond donors (Lipinski definition) is 1. The Morgan fingerprint density at radius 2 is 2.33 bits per heavy atom. The maximum atomic E-state index is 11.9. The molecule has 0 spiro atoms. The van der Waals surface area contributed by atoms with Crippen molar-refractivity contribution in [3.8, 4) is 0 Å². The number of likely N-dealkylation sites (N-methyl/N-ethyl adjacent to an activating group) is 1. The Labute approximate surface area is 91.0 Å². The average molecular weight is 212 g/mol. The summed E-state index contributed by atoms with van der Waals surface area (Å²) in [5.41, 5.74) is 0. The highest BCUT2D eigenvalue weighted by molar-refractivity contribution is 5.80. The van der Waals surface area contributed by atoms with E-state index >= 15 is 0 Å². The monoisotopic (exact) mass is 212 g/mol. The first-order chi connectivity index (χ1) is 7.27. The van der Waals surface area contributed by atoms with Crippen LogP contribution in [0.5, 0.6) is 0 Å². The zero-order valence-corrected chi connectivity index (χ0v) is 9.37. The van der Waals surface area contributed by atoms with E-state index < -0.39 is 0 Å². The van der Waals surface area contributed by atoms with Crippen molar-refractivity contribution < 1.29 is 9.53 Å². The van der Waals surface area contributed by atoms with Crippen LogP contribution < -0.4 is 5.32 Å². The summed E-state index contributed by atoms with van der Waals surface area (Å²) < 4.78 is 5.39. The zero-order chi connectivity index (χ0) is 10.7. The van der Waals surface area contributed by atoms with Crippen molar-refractivity contribution >= 4 is 5.91 Å². The maximum Gasteiger partial charge on any atom is 0.251 e. The summed E-state index contributed by atoms with van der Waals surface area (Å²) in [6, 6.07) is 0.486. The molecule has 0 aromatic carbocycles. The molecule has 2 saturated heterocycles. The predicted molar refractivity (Wildman–Crippen MR) is 57.6 cm³/mol. The minimum atomic E-state index is -0.170. The van der Waals surface area contributed by atoms with Gasteiger partial charge in [-0.15, -0.1) is 0 Å². The molecule has 0 aromatic rings. The molecule has 4 heteroatoms. The Bertz CT molecular complexity index is 221. The van der Waals surface area contributed by atoms with Crippen molar-refractivity contribution in [1.82, 2.24) is 10.2 Å². The molecule has 1 N–H and O–H groups in total. The lowest BCUT2D eigenvalue weighted by atomic mass is 10.2. The normalized spacial score (nSPS) is 30.7. The van der Waals surface area contributed by atoms with Crippen LogP contribution >= 0.6 is 0 Å². The molecule has 4 nitrogen and oxygen atoms in total. The van der Waals surface area contributed by atoms with Crippen LogP contribution in [0.25, 0.3) is 0 Å². The van der Waals surface area contributed by atoms with E-state index in [0.29, 0.717) is 6.04 Å². The summed E-state index contributed by atoms with van der Waals surface area (Å²) in [5, 5.41) is 3.40. The van der Waals surface area contributed by atoms with Crippen LogP contribution in [0, 0.1) is 0 Å². The fourth-order valence-electron chi connectivity index (χ4n) is 2.35. The second-order valence-corrected chi connectivity index (χ2v) is 4.51. The largest absolute Gasteiger partial charge is 0.368 e. The predicted octanol–water partition coefficient (Wildman–Crippen LogP) is 0.376. The Hall–Kier alpha value is -0.610. The van der Waals surface area contributed by atoms with E-state index in [1.165, 1.54) is 12.8 Å². The Morgan fingerprint density at radius 3 is 2.93 bits per heavy atom. The summed E-state index contributed by atoms with van der Waals surface area (Å²) in [6.45, 7) is 2.65. The van der Waals surface area contributed by atoms with Crippen molar-refractivity contribution in [3.05, 3.63) is 0 Å². The van der Waals surface area contributed by atoms with Crippen molar-refractivity contribution in [2.24, 2.45) is 0 Å². The Kier molecular flexibility index (Phi) is 3.59. The summed E-state index contributed by atoms with van der Waals surface area (Å²) in [7, 11) is 1.88. The van der Waals surface area contributed by atoms with Crippen LogP contribution in [-0.2, 0) is 9.53 Å². The molecule has 0 saturated carbocycles. The average Bonchev–Trinajstić information content (AvgIpc) is 2.88. The van der Waals surface area contributed by atoms with Gasteiger partial charge in [-0.2, -0.15) is 0 Å². The molecule has 86 valence electrons. The van der Waals surface area contributed by atoms with Gasteiger partial charge in [0.05, 0.1) is 0 Å². The maximum absolute atomic E-state index is 11.9. The van der Waals surface area contributed by atoms with Gasteiger partial charge in [0.15, 0.2) is 0 Å². The van der Waals surface area contributed by atoms with E-state index in [-0.39, 0.29) is 12.0 Å². The molecule has 2 fully saturated rings. The molecule has 2 aliphatic rings. The first kappa shape index (κ1) is 10.9. The fraction of sp³-hybridized carbons (Fsp3) is 0.909. The lowest BCUT2D eigenvalue weighted by Gasteiger charge is -2.23. The van der Waals surface area contributed by atoms with Gasteiger partial charge in [0.2, 0.25) is 0 Å². The van der Waals surface area contributed by atoms with E-state index in [2.05, 4.69) is 5.32 Å². The molecule has 2 rings (SSSR count). The number of rotatable bonds is 3. The molecule has 0 aliphatic carbocycles. The molecule has 2 heterocycles. The van der Waals surface area contributed by atoms with Crippen molar-refractivity contribution in [2.75, 3.05) is 26.7 Å².